The van der Waals surface area contributed by atoms with Crippen LogP contribution >= 0.6 is 0 Å². The standard InChI is InChI=1S/C10H12N2O3/c13-10(14)9(11-12-15)7-6-8-4-2-1-3-5-8/h1-5,9H,6-7H2,(H,11,15)(H,13,14). The van der Waals surface area contributed by atoms with Crippen LogP contribution in [0.25, 0.3) is 0 Å². The van der Waals surface area contributed by atoms with Gasteiger partial charge in [-0.1, -0.05) is 30.3 Å². The molecule has 0 heterocycles. The van der Waals surface area contributed by atoms with Gasteiger partial charge in [-0.05, 0) is 18.4 Å². The van der Waals surface area contributed by atoms with Crippen molar-refractivity contribution in [1.29, 1.82) is 0 Å². The quantitative estimate of drug-likeness (QED) is 0.546. The highest BCUT2D eigenvalue weighted by Gasteiger charge is 2.16. The fraction of sp³-hybridized carbons (Fsp3) is 0.300. The molecule has 5 heteroatoms. The number of benzene rings is 1. The monoisotopic (exact) mass is 208 g/mol. The van der Waals surface area contributed by atoms with E-state index in [2.05, 4.69) is 5.29 Å². The molecule has 0 fully saturated rings. The van der Waals surface area contributed by atoms with E-state index in [9.17, 15) is 9.70 Å². The summed E-state index contributed by atoms with van der Waals surface area (Å²) in [5.41, 5.74) is 3.06. The molecule has 80 valence electrons. The first-order valence-electron chi connectivity index (χ1n) is 4.58. The minimum Gasteiger partial charge on any atom is -0.480 e. The average Bonchev–Trinajstić information content (AvgIpc) is 2.25. The summed E-state index contributed by atoms with van der Waals surface area (Å²) in [5, 5.41) is 11.1. The molecule has 1 unspecified atom stereocenters. The molecule has 0 aliphatic heterocycles. The summed E-state index contributed by atoms with van der Waals surface area (Å²) in [6.07, 6.45) is 0.936. The molecule has 0 bridgehead atoms. The maximum absolute atomic E-state index is 10.6. The topological polar surface area (TPSA) is 78.8 Å². The van der Waals surface area contributed by atoms with E-state index >= 15 is 0 Å². The zero-order valence-electron chi connectivity index (χ0n) is 8.09. The molecule has 0 aliphatic rings. The van der Waals surface area contributed by atoms with Gasteiger partial charge in [0.2, 0.25) is 0 Å². The van der Waals surface area contributed by atoms with Gasteiger partial charge in [-0.3, -0.25) is 5.43 Å². The summed E-state index contributed by atoms with van der Waals surface area (Å²) >= 11 is 0. The van der Waals surface area contributed by atoms with Crippen LogP contribution in [0.3, 0.4) is 0 Å². The molecule has 1 aromatic carbocycles. The molecule has 0 spiro atoms. The van der Waals surface area contributed by atoms with Crippen molar-refractivity contribution in [3.05, 3.63) is 40.8 Å². The van der Waals surface area contributed by atoms with E-state index in [-0.39, 0.29) is 0 Å². The largest absolute Gasteiger partial charge is 0.480 e. The Hall–Kier alpha value is -1.91. The lowest BCUT2D eigenvalue weighted by Crippen LogP contribution is -2.33. The fourth-order valence-corrected chi connectivity index (χ4v) is 1.26. The van der Waals surface area contributed by atoms with E-state index in [1.54, 1.807) is 0 Å². The van der Waals surface area contributed by atoms with Crippen molar-refractivity contribution in [2.45, 2.75) is 18.9 Å². The number of nitrogens with one attached hydrogen (secondary N) is 1. The Morgan fingerprint density at radius 1 is 1.40 bits per heavy atom. The molecule has 5 nitrogen and oxygen atoms in total. The van der Waals surface area contributed by atoms with Gasteiger partial charge in [-0.15, -0.1) is 4.91 Å². The molecule has 15 heavy (non-hydrogen) atoms. The second-order valence-corrected chi connectivity index (χ2v) is 3.14. The molecule has 0 amide bonds. The van der Waals surface area contributed by atoms with Crippen molar-refractivity contribution < 1.29 is 9.90 Å². The van der Waals surface area contributed by atoms with E-state index in [1.807, 2.05) is 35.8 Å². The van der Waals surface area contributed by atoms with Gasteiger partial charge < -0.3 is 5.11 Å². The molecule has 0 radical (unpaired) electrons. The lowest BCUT2D eigenvalue weighted by molar-refractivity contribution is -0.139. The Balaban J connectivity index is 2.47. The molecular formula is C10H12N2O3. The maximum Gasteiger partial charge on any atom is 0.327 e. The maximum atomic E-state index is 10.6. The van der Waals surface area contributed by atoms with E-state index < -0.39 is 12.0 Å². The van der Waals surface area contributed by atoms with Gasteiger partial charge >= 0.3 is 5.97 Å². The first-order valence-corrected chi connectivity index (χ1v) is 4.58. The number of carboxylic acid groups (broad SMARTS) is 1. The van der Waals surface area contributed by atoms with Crippen LogP contribution in [0.5, 0.6) is 0 Å². The lowest BCUT2D eigenvalue weighted by Gasteiger charge is -2.09. The molecule has 0 aromatic heterocycles. The lowest BCUT2D eigenvalue weighted by atomic mass is 10.1. The van der Waals surface area contributed by atoms with Gasteiger partial charge in [-0.25, -0.2) is 4.79 Å². The van der Waals surface area contributed by atoms with Crippen LogP contribution in [0.2, 0.25) is 0 Å². The highest BCUT2D eigenvalue weighted by Crippen LogP contribution is 2.05. The highest BCUT2D eigenvalue weighted by molar-refractivity contribution is 5.73. The third kappa shape index (κ3) is 3.76. The number of nitrogens with zero attached hydrogens (tertiary/aromatic N) is 1. The minimum atomic E-state index is -1.06. The molecule has 0 saturated carbocycles. The summed E-state index contributed by atoms with van der Waals surface area (Å²) in [5.74, 6) is -1.06. The van der Waals surface area contributed by atoms with E-state index in [0.29, 0.717) is 12.8 Å². The number of nitroso groups, excluding NO2 is 1. The zero-order valence-corrected chi connectivity index (χ0v) is 8.09. The Labute approximate surface area is 87.1 Å². The van der Waals surface area contributed by atoms with Crippen LogP contribution in [0, 0.1) is 4.91 Å². The number of aliphatic carboxylic acids is 1. The molecule has 0 saturated heterocycles. The Kier molecular flexibility index (Phi) is 4.28. The van der Waals surface area contributed by atoms with Crippen LogP contribution in [0.4, 0.5) is 0 Å². The van der Waals surface area contributed by atoms with Gasteiger partial charge in [0.05, 0.1) is 5.29 Å². The van der Waals surface area contributed by atoms with Crippen molar-refractivity contribution in [2.75, 3.05) is 0 Å². The number of carbonyl (C=O) groups is 1. The zero-order chi connectivity index (χ0) is 11.1. The Morgan fingerprint density at radius 2 is 2.07 bits per heavy atom. The molecule has 1 atom stereocenters. The number of hydrogen-bond donors (Lipinski definition) is 2. The minimum absolute atomic E-state index is 0.338. The Morgan fingerprint density at radius 3 is 2.60 bits per heavy atom. The highest BCUT2D eigenvalue weighted by atomic mass is 16.4. The predicted octanol–water partition coefficient (Wildman–Crippen LogP) is 1.34. The van der Waals surface area contributed by atoms with Gasteiger partial charge in [0, 0.05) is 0 Å². The van der Waals surface area contributed by atoms with Crippen molar-refractivity contribution in [1.82, 2.24) is 5.43 Å². The van der Waals surface area contributed by atoms with E-state index in [0.717, 1.165) is 5.56 Å². The van der Waals surface area contributed by atoms with Crippen molar-refractivity contribution in [3.8, 4) is 0 Å². The summed E-state index contributed by atoms with van der Waals surface area (Å²) in [6.45, 7) is 0. The molecule has 1 rings (SSSR count). The van der Waals surface area contributed by atoms with Crippen molar-refractivity contribution >= 4 is 5.97 Å². The molecular weight excluding hydrogens is 196 g/mol. The first kappa shape index (κ1) is 11.2. The predicted molar refractivity (Wildman–Crippen MR) is 55.1 cm³/mol. The van der Waals surface area contributed by atoms with Gasteiger partial charge in [0.1, 0.15) is 6.04 Å². The Bertz CT molecular complexity index is 327. The van der Waals surface area contributed by atoms with Crippen LogP contribution < -0.4 is 5.43 Å². The van der Waals surface area contributed by atoms with E-state index in [4.69, 9.17) is 5.11 Å². The summed E-state index contributed by atoms with van der Waals surface area (Å²) in [4.78, 5) is 20.6. The molecule has 1 aromatic rings. The average molecular weight is 208 g/mol. The normalized spacial score (nSPS) is 11.7. The number of rotatable bonds is 6. The molecule has 2 N–H and O–H groups in total. The number of aryl methyl sites for hydroxylation is 1. The second kappa shape index (κ2) is 5.74. The third-order valence-electron chi connectivity index (χ3n) is 2.07. The van der Waals surface area contributed by atoms with Gasteiger partial charge in [0.25, 0.3) is 0 Å². The number of carboxylic acids is 1. The van der Waals surface area contributed by atoms with E-state index in [1.165, 1.54) is 0 Å². The van der Waals surface area contributed by atoms with Crippen LogP contribution in [0.1, 0.15) is 12.0 Å². The first-order chi connectivity index (χ1) is 7.24. The van der Waals surface area contributed by atoms with Gasteiger partial charge in [0.15, 0.2) is 0 Å². The number of hydrogen-bond acceptors (Lipinski definition) is 3. The smallest absolute Gasteiger partial charge is 0.327 e. The van der Waals surface area contributed by atoms with Gasteiger partial charge in [-0.2, -0.15) is 0 Å². The van der Waals surface area contributed by atoms with Crippen LogP contribution in [-0.2, 0) is 11.2 Å². The van der Waals surface area contributed by atoms with Crippen LogP contribution in [-0.4, -0.2) is 17.1 Å². The second-order valence-electron chi connectivity index (χ2n) is 3.14. The molecule has 0 aliphatic carbocycles. The summed E-state index contributed by atoms with van der Waals surface area (Å²) < 4.78 is 0. The fourth-order valence-electron chi connectivity index (χ4n) is 1.26. The summed E-state index contributed by atoms with van der Waals surface area (Å²) in [7, 11) is 0. The van der Waals surface area contributed by atoms with Crippen molar-refractivity contribution in [3.63, 3.8) is 0 Å². The third-order valence-corrected chi connectivity index (χ3v) is 2.07. The SMILES string of the molecule is O=NNC(CCc1ccccc1)C(=O)O. The van der Waals surface area contributed by atoms with Crippen LogP contribution in [0.15, 0.2) is 35.6 Å². The summed E-state index contributed by atoms with van der Waals surface area (Å²) in [6, 6.07) is 8.57. The van der Waals surface area contributed by atoms with Crippen molar-refractivity contribution in [2.24, 2.45) is 5.29 Å².